The molecule has 0 N–H and O–H groups in total. The van der Waals surface area contributed by atoms with E-state index in [9.17, 15) is 14.0 Å². The van der Waals surface area contributed by atoms with Gasteiger partial charge in [0, 0.05) is 44.5 Å². The van der Waals surface area contributed by atoms with E-state index in [-0.39, 0.29) is 31.4 Å². The lowest BCUT2D eigenvalue weighted by atomic mass is 10.1. The topological polar surface area (TPSA) is 79.1 Å². The Hall–Kier alpha value is -2.78. The Morgan fingerprint density at radius 1 is 1.11 bits per heavy atom. The lowest BCUT2D eigenvalue weighted by Gasteiger charge is -2.32. The molecular weight excluding hydrogens is 463 g/mol. The SMILES string of the molecule is COCC(=O)N1CCCN(CC(C)C)CCCN(C(=O)Cc2c(C)noc2C)Cc2cc(F)ccc21. The van der Waals surface area contributed by atoms with Crippen LogP contribution in [0.2, 0.25) is 0 Å². The second kappa shape index (κ2) is 13.0. The second-order valence-electron chi connectivity index (χ2n) is 9.95. The summed E-state index contributed by atoms with van der Waals surface area (Å²) >= 11 is 0. The van der Waals surface area contributed by atoms with Crippen molar-refractivity contribution in [2.75, 3.05) is 51.3 Å². The van der Waals surface area contributed by atoms with Crippen molar-refractivity contribution < 1.29 is 23.2 Å². The monoisotopic (exact) mass is 502 g/mol. The van der Waals surface area contributed by atoms with Crippen molar-refractivity contribution >= 4 is 17.5 Å². The molecule has 2 amide bonds. The van der Waals surface area contributed by atoms with E-state index in [0.717, 1.165) is 38.0 Å². The number of halogens is 1. The normalized spacial score (nSPS) is 16.0. The number of methoxy groups -OCH3 is 1. The van der Waals surface area contributed by atoms with Gasteiger partial charge in [0.2, 0.25) is 5.91 Å². The van der Waals surface area contributed by atoms with Gasteiger partial charge in [-0.1, -0.05) is 19.0 Å². The van der Waals surface area contributed by atoms with E-state index in [1.807, 2.05) is 6.92 Å². The van der Waals surface area contributed by atoms with Crippen LogP contribution in [0.25, 0.3) is 0 Å². The summed E-state index contributed by atoms with van der Waals surface area (Å²) in [4.78, 5) is 32.4. The Morgan fingerprint density at radius 3 is 2.47 bits per heavy atom. The third-order valence-corrected chi connectivity index (χ3v) is 6.51. The Kier molecular flexibility index (Phi) is 10.0. The number of fused-ring (bicyclic) bond motifs is 1. The van der Waals surface area contributed by atoms with Crippen LogP contribution in [-0.4, -0.2) is 73.2 Å². The maximum absolute atomic E-state index is 14.4. The summed E-state index contributed by atoms with van der Waals surface area (Å²) < 4.78 is 24.8. The van der Waals surface area contributed by atoms with Gasteiger partial charge >= 0.3 is 0 Å². The van der Waals surface area contributed by atoms with E-state index in [4.69, 9.17) is 9.26 Å². The first kappa shape index (κ1) is 27.8. The van der Waals surface area contributed by atoms with Crippen LogP contribution in [0.1, 0.15) is 49.3 Å². The maximum atomic E-state index is 14.4. The van der Waals surface area contributed by atoms with Crippen LogP contribution in [0, 0.1) is 25.6 Å². The number of benzene rings is 1. The molecule has 3 rings (SSSR count). The lowest BCUT2D eigenvalue weighted by molar-refractivity contribution is -0.131. The third kappa shape index (κ3) is 7.36. The number of anilines is 1. The van der Waals surface area contributed by atoms with Crippen LogP contribution in [0.3, 0.4) is 0 Å². The molecule has 0 fully saturated rings. The number of hydrogen-bond donors (Lipinski definition) is 0. The van der Waals surface area contributed by atoms with Gasteiger partial charge in [-0.2, -0.15) is 0 Å². The zero-order valence-corrected chi connectivity index (χ0v) is 22.2. The van der Waals surface area contributed by atoms with E-state index >= 15 is 0 Å². The molecule has 1 aromatic carbocycles. The molecule has 0 bridgehead atoms. The van der Waals surface area contributed by atoms with Gasteiger partial charge in [-0.05, 0) is 69.5 Å². The Morgan fingerprint density at radius 2 is 1.83 bits per heavy atom. The highest BCUT2D eigenvalue weighted by atomic mass is 19.1. The molecule has 2 aromatic rings. The van der Waals surface area contributed by atoms with Crippen LogP contribution in [-0.2, 0) is 27.3 Å². The zero-order chi connectivity index (χ0) is 26.2. The van der Waals surface area contributed by atoms with Crippen molar-refractivity contribution in [3.8, 4) is 0 Å². The summed E-state index contributed by atoms with van der Waals surface area (Å²) in [5.41, 5.74) is 2.70. The van der Waals surface area contributed by atoms with E-state index in [0.29, 0.717) is 41.7 Å². The molecule has 1 aromatic heterocycles. The molecule has 198 valence electrons. The molecule has 0 spiro atoms. The minimum absolute atomic E-state index is 0.0682. The fourth-order valence-electron chi connectivity index (χ4n) is 4.79. The van der Waals surface area contributed by atoms with Gasteiger partial charge < -0.3 is 24.0 Å². The highest BCUT2D eigenvalue weighted by Crippen LogP contribution is 2.26. The molecule has 9 heteroatoms. The molecular formula is C27H39FN4O4. The van der Waals surface area contributed by atoms with Crippen LogP contribution in [0.15, 0.2) is 22.7 Å². The van der Waals surface area contributed by atoms with Crippen molar-refractivity contribution in [1.82, 2.24) is 15.0 Å². The molecule has 0 unspecified atom stereocenters. The summed E-state index contributed by atoms with van der Waals surface area (Å²) in [6, 6.07) is 4.42. The number of aromatic nitrogens is 1. The molecule has 36 heavy (non-hydrogen) atoms. The van der Waals surface area contributed by atoms with Crippen molar-refractivity contribution in [3.63, 3.8) is 0 Å². The van der Waals surface area contributed by atoms with Gasteiger partial charge in [0.15, 0.2) is 0 Å². The maximum Gasteiger partial charge on any atom is 0.252 e. The Balaban J connectivity index is 1.96. The molecule has 0 atom stereocenters. The Labute approximate surface area is 213 Å². The molecule has 2 heterocycles. The number of carbonyl (C=O) groups excluding carboxylic acids is 2. The Bertz CT molecular complexity index is 1020. The predicted octanol–water partition coefficient (Wildman–Crippen LogP) is 3.73. The zero-order valence-electron chi connectivity index (χ0n) is 22.2. The van der Waals surface area contributed by atoms with Gasteiger partial charge in [-0.25, -0.2) is 4.39 Å². The van der Waals surface area contributed by atoms with E-state index < -0.39 is 5.82 Å². The van der Waals surface area contributed by atoms with Crippen molar-refractivity contribution in [2.24, 2.45) is 5.92 Å². The molecule has 1 aliphatic rings. The van der Waals surface area contributed by atoms with Gasteiger partial charge in [0.1, 0.15) is 18.2 Å². The number of rotatable bonds is 6. The standard InChI is InChI=1S/C27H39FN4O4/c1-19(2)16-30-10-6-12-31(26(33)15-24-20(3)29-36-21(24)4)17-22-14-23(28)8-9-25(22)32(13-7-11-30)27(34)18-35-5/h8-9,14,19H,6-7,10-13,15-18H2,1-5H3. The summed E-state index contributed by atoms with van der Waals surface area (Å²) in [7, 11) is 1.49. The molecule has 0 aliphatic carbocycles. The van der Waals surface area contributed by atoms with Crippen LogP contribution in [0.4, 0.5) is 10.1 Å². The number of ether oxygens (including phenoxy) is 1. The largest absolute Gasteiger partial charge is 0.375 e. The number of hydrogen-bond acceptors (Lipinski definition) is 6. The average molecular weight is 503 g/mol. The quantitative estimate of drug-likeness (QED) is 0.599. The van der Waals surface area contributed by atoms with Gasteiger partial charge in [-0.15, -0.1) is 0 Å². The van der Waals surface area contributed by atoms with E-state index in [1.54, 1.807) is 22.8 Å². The molecule has 0 radical (unpaired) electrons. The first-order valence-corrected chi connectivity index (χ1v) is 12.7. The number of aryl methyl sites for hydroxylation is 2. The second-order valence-corrected chi connectivity index (χ2v) is 9.95. The first-order chi connectivity index (χ1) is 17.2. The highest BCUT2D eigenvalue weighted by molar-refractivity contribution is 5.95. The molecule has 0 saturated carbocycles. The minimum atomic E-state index is -0.402. The van der Waals surface area contributed by atoms with Crippen molar-refractivity contribution in [2.45, 2.75) is 53.5 Å². The minimum Gasteiger partial charge on any atom is -0.375 e. The molecule has 8 nitrogen and oxygen atoms in total. The first-order valence-electron chi connectivity index (χ1n) is 12.7. The van der Waals surface area contributed by atoms with E-state index in [2.05, 4.69) is 23.9 Å². The summed E-state index contributed by atoms with van der Waals surface area (Å²) in [6.45, 7) is 11.8. The van der Waals surface area contributed by atoms with Crippen LogP contribution in [0.5, 0.6) is 0 Å². The predicted molar refractivity (Wildman–Crippen MR) is 136 cm³/mol. The third-order valence-electron chi connectivity index (χ3n) is 6.51. The van der Waals surface area contributed by atoms with Gasteiger partial charge in [-0.3, -0.25) is 9.59 Å². The van der Waals surface area contributed by atoms with Gasteiger partial charge in [0.25, 0.3) is 5.91 Å². The van der Waals surface area contributed by atoms with Crippen molar-refractivity contribution in [1.29, 1.82) is 0 Å². The lowest BCUT2D eigenvalue weighted by Crippen LogP contribution is -2.41. The molecule has 0 saturated heterocycles. The van der Waals surface area contributed by atoms with Gasteiger partial charge in [0.05, 0.1) is 12.1 Å². The van der Waals surface area contributed by atoms with Crippen LogP contribution < -0.4 is 4.90 Å². The van der Waals surface area contributed by atoms with E-state index in [1.165, 1.54) is 19.2 Å². The number of carbonyl (C=O) groups is 2. The fourth-order valence-corrected chi connectivity index (χ4v) is 4.79. The summed E-state index contributed by atoms with van der Waals surface area (Å²) in [6.07, 6.45) is 1.75. The smallest absolute Gasteiger partial charge is 0.252 e. The molecule has 1 aliphatic heterocycles. The van der Waals surface area contributed by atoms with Crippen molar-refractivity contribution in [3.05, 3.63) is 46.6 Å². The summed E-state index contributed by atoms with van der Waals surface area (Å²) in [5.74, 6) is 0.459. The number of amides is 2. The fraction of sp³-hybridized carbons (Fsp3) is 0.593. The summed E-state index contributed by atoms with van der Waals surface area (Å²) in [5, 5.41) is 3.97. The highest BCUT2D eigenvalue weighted by Gasteiger charge is 2.25. The number of nitrogens with zero attached hydrogens (tertiary/aromatic N) is 4. The van der Waals surface area contributed by atoms with Crippen LogP contribution >= 0.6 is 0 Å². The average Bonchev–Trinajstić information content (AvgIpc) is 3.12.